The van der Waals surface area contributed by atoms with Crippen LogP contribution in [0.1, 0.15) is 42.0 Å². The molecule has 148 valence electrons. The summed E-state index contributed by atoms with van der Waals surface area (Å²) in [7, 11) is 0. The van der Waals surface area contributed by atoms with Crippen LogP contribution in [0.2, 0.25) is 0 Å². The lowest BCUT2D eigenvalue weighted by molar-refractivity contribution is 0.656. The van der Waals surface area contributed by atoms with Gasteiger partial charge in [-0.05, 0) is 44.0 Å². The maximum Gasteiger partial charge on any atom is 0.267 e. The molecule has 0 spiro atoms. The van der Waals surface area contributed by atoms with Crippen molar-refractivity contribution in [1.29, 1.82) is 0 Å². The van der Waals surface area contributed by atoms with E-state index in [0.717, 1.165) is 30.6 Å². The molecule has 6 heteroatoms. The molecule has 5 rings (SSSR count). The molecule has 0 fully saturated rings. The van der Waals surface area contributed by atoms with Crippen LogP contribution < -0.4 is 11.3 Å². The molecule has 0 aliphatic carbocycles. The number of nitrogens with zero attached hydrogens (tertiary/aromatic N) is 4. The second kappa shape index (κ2) is 7.29. The van der Waals surface area contributed by atoms with Gasteiger partial charge in [-0.3, -0.25) is 14.0 Å². The average Bonchev–Trinajstić information content (AvgIpc) is 3.37. The van der Waals surface area contributed by atoms with Crippen LogP contribution in [0.4, 0.5) is 0 Å². The minimum absolute atomic E-state index is 0.163. The molecule has 0 bridgehead atoms. The number of nitrogens with two attached hydrogens (primary N) is 1. The van der Waals surface area contributed by atoms with Crippen LogP contribution in [0, 0.1) is 11.8 Å². The molecule has 30 heavy (non-hydrogen) atoms. The molecule has 6 nitrogen and oxygen atoms in total. The van der Waals surface area contributed by atoms with E-state index in [1.807, 2.05) is 60.1 Å². The van der Waals surface area contributed by atoms with Gasteiger partial charge < -0.3 is 5.73 Å². The molecule has 1 aliphatic heterocycles. The summed E-state index contributed by atoms with van der Waals surface area (Å²) in [5, 5.41) is 4.90. The molecule has 0 amide bonds. The van der Waals surface area contributed by atoms with Crippen LogP contribution in [-0.2, 0) is 13.0 Å². The second-order valence-corrected chi connectivity index (χ2v) is 7.52. The van der Waals surface area contributed by atoms with Crippen LogP contribution in [0.3, 0.4) is 0 Å². The van der Waals surface area contributed by atoms with Gasteiger partial charge in [0.15, 0.2) is 0 Å². The van der Waals surface area contributed by atoms with Crippen molar-refractivity contribution in [2.45, 2.75) is 32.4 Å². The Bertz CT molecular complexity index is 1370. The highest BCUT2D eigenvalue weighted by atomic mass is 16.1. The van der Waals surface area contributed by atoms with E-state index in [1.165, 1.54) is 5.69 Å². The summed E-state index contributed by atoms with van der Waals surface area (Å²) in [6, 6.07) is 14.6. The van der Waals surface area contributed by atoms with Gasteiger partial charge in [-0.1, -0.05) is 36.1 Å². The number of aromatic nitrogens is 4. The maximum absolute atomic E-state index is 13.6. The molecule has 4 aromatic rings. The molecule has 2 N–H and O–H groups in total. The highest BCUT2D eigenvalue weighted by Crippen LogP contribution is 2.20. The van der Waals surface area contributed by atoms with Crippen molar-refractivity contribution >= 4 is 10.9 Å². The molecule has 2 aromatic carbocycles. The zero-order chi connectivity index (χ0) is 20.7. The van der Waals surface area contributed by atoms with E-state index < -0.39 is 6.04 Å². The first kappa shape index (κ1) is 18.3. The van der Waals surface area contributed by atoms with E-state index in [4.69, 9.17) is 10.7 Å². The van der Waals surface area contributed by atoms with Gasteiger partial charge in [0.1, 0.15) is 5.82 Å². The molecular formula is C24H21N5O. The standard InChI is InChI=1S/C24H21N5O/c1-16(25)23-27-20-10-5-7-17(12-13-18-15-26-28-14-6-11-21(18)28)22(20)24(30)29(23)19-8-3-2-4-9-19/h2-5,7-10,15-16H,6,11,14,25H2,1H3/t16-/m0/s1. The van der Waals surface area contributed by atoms with Gasteiger partial charge in [0.25, 0.3) is 5.56 Å². The van der Waals surface area contributed by atoms with Crippen molar-refractivity contribution in [3.8, 4) is 17.5 Å². The molecule has 0 saturated heterocycles. The van der Waals surface area contributed by atoms with Crippen LogP contribution >= 0.6 is 0 Å². The Hall–Kier alpha value is -3.69. The summed E-state index contributed by atoms with van der Waals surface area (Å²) in [5.41, 5.74) is 10.1. The van der Waals surface area contributed by atoms with Crippen molar-refractivity contribution < 1.29 is 0 Å². The number of hydrogen-bond acceptors (Lipinski definition) is 4. The molecule has 0 saturated carbocycles. The maximum atomic E-state index is 13.6. The minimum atomic E-state index is -0.396. The van der Waals surface area contributed by atoms with Gasteiger partial charge in [0, 0.05) is 12.1 Å². The number of hydrogen-bond donors (Lipinski definition) is 1. The Balaban J connectivity index is 1.74. The fraction of sp³-hybridized carbons (Fsp3) is 0.208. The van der Waals surface area contributed by atoms with Crippen molar-refractivity contribution in [2.75, 3.05) is 0 Å². The predicted octanol–water partition coefficient (Wildman–Crippen LogP) is 2.95. The third-order valence-electron chi connectivity index (χ3n) is 5.41. The third kappa shape index (κ3) is 3.00. The number of benzene rings is 2. The Kier molecular flexibility index (Phi) is 4.46. The fourth-order valence-electron chi connectivity index (χ4n) is 3.99. The van der Waals surface area contributed by atoms with E-state index in [2.05, 4.69) is 16.9 Å². The minimum Gasteiger partial charge on any atom is -0.322 e. The highest BCUT2D eigenvalue weighted by molar-refractivity contribution is 5.85. The molecule has 0 radical (unpaired) electrons. The van der Waals surface area contributed by atoms with Crippen molar-refractivity contribution in [3.05, 3.63) is 87.7 Å². The zero-order valence-electron chi connectivity index (χ0n) is 16.7. The van der Waals surface area contributed by atoms with Crippen molar-refractivity contribution in [3.63, 3.8) is 0 Å². The first-order valence-corrected chi connectivity index (χ1v) is 10.1. The Labute approximate surface area is 174 Å². The van der Waals surface area contributed by atoms with Crippen LogP contribution in [0.25, 0.3) is 16.6 Å². The van der Waals surface area contributed by atoms with Crippen molar-refractivity contribution in [1.82, 2.24) is 19.3 Å². The number of aryl methyl sites for hydroxylation is 1. The molecule has 1 aliphatic rings. The van der Waals surface area contributed by atoms with E-state index >= 15 is 0 Å². The topological polar surface area (TPSA) is 78.7 Å². The molecule has 1 atom stereocenters. The van der Waals surface area contributed by atoms with Gasteiger partial charge in [-0.25, -0.2) is 4.98 Å². The SMILES string of the molecule is C[C@H](N)c1nc2cccc(C#Cc3cnn4c3CCC4)c2c(=O)n1-c1ccccc1. The quantitative estimate of drug-likeness (QED) is 0.529. The second-order valence-electron chi connectivity index (χ2n) is 7.52. The van der Waals surface area contributed by atoms with Gasteiger partial charge in [0.2, 0.25) is 0 Å². The smallest absolute Gasteiger partial charge is 0.267 e. The number of para-hydroxylation sites is 1. The lowest BCUT2D eigenvalue weighted by Gasteiger charge is -2.16. The van der Waals surface area contributed by atoms with E-state index in [-0.39, 0.29) is 5.56 Å². The monoisotopic (exact) mass is 395 g/mol. The van der Waals surface area contributed by atoms with Crippen LogP contribution in [0.15, 0.2) is 59.5 Å². The van der Waals surface area contributed by atoms with E-state index in [0.29, 0.717) is 22.3 Å². The highest BCUT2D eigenvalue weighted by Gasteiger charge is 2.18. The van der Waals surface area contributed by atoms with Crippen LogP contribution in [0.5, 0.6) is 0 Å². The lowest BCUT2D eigenvalue weighted by atomic mass is 10.1. The summed E-state index contributed by atoms with van der Waals surface area (Å²) in [4.78, 5) is 18.3. The van der Waals surface area contributed by atoms with Gasteiger partial charge in [-0.2, -0.15) is 5.10 Å². The Morgan fingerprint density at radius 3 is 2.67 bits per heavy atom. The summed E-state index contributed by atoms with van der Waals surface area (Å²) < 4.78 is 3.60. The normalized spacial score (nSPS) is 13.7. The largest absolute Gasteiger partial charge is 0.322 e. The third-order valence-corrected chi connectivity index (χ3v) is 5.41. The summed E-state index contributed by atoms with van der Waals surface area (Å²) in [6.07, 6.45) is 3.89. The molecule has 2 aromatic heterocycles. The summed E-state index contributed by atoms with van der Waals surface area (Å²) >= 11 is 0. The fourth-order valence-corrected chi connectivity index (χ4v) is 3.99. The van der Waals surface area contributed by atoms with Crippen LogP contribution in [-0.4, -0.2) is 19.3 Å². The first-order valence-electron chi connectivity index (χ1n) is 10.1. The van der Waals surface area contributed by atoms with Gasteiger partial charge >= 0.3 is 0 Å². The Morgan fingerprint density at radius 2 is 1.87 bits per heavy atom. The lowest BCUT2D eigenvalue weighted by Crippen LogP contribution is -2.27. The number of fused-ring (bicyclic) bond motifs is 2. The van der Waals surface area contributed by atoms with E-state index in [9.17, 15) is 4.79 Å². The first-order chi connectivity index (χ1) is 14.6. The summed E-state index contributed by atoms with van der Waals surface area (Å²) in [6.45, 7) is 2.77. The van der Waals surface area contributed by atoms with Gasteiger partial charge in [0.05, 0.1) is 40.1 Å². The van der Waals surface area contributed by atoms with E-state index in [1.54, 1.807) is 10.8 Å². The van der Waals surface area contributed by atoms with Crippen molar-refractivity contribution in [2.24, 2.45) is 5.73 Å². The Morgan fingerprint density at radius 1 is 1.07 bits per heavy atom. The zero-order valence-corrected chi connectivity index (χ0v) is 16.7. The predicted molar refractivity (Wildman–Crippen MR) is 116 cm³/mol. The number of rotatable bonds is 2. The molecule has 0 unspecified atom stereocenters. The van der Waals surface area contributed by atoms with Gasteiger partial charge in [-0.15, -0.1) is 0 Å². The molecule has 3 heterocycles. The molecular weight excluding hydrogens is 374 g/mol. The average molecular weight is 395 g/mol. The summed E-state index contributed by atoms with van der Waals surface area (Å²) in [5.74, 6) is 6.95.